The fraction of sp³-hybridized carbons (Fsp3) is 0.278. The van der Waals surface area contributed by atoms with Crippen molar-refractivity contribution in [3.8, 4) is 0 Å². The molecule has 1 fully saturated rings. The lowest BCUT2D eigenvalue weighted by Crippen LogP contribution is -2.57. The number of hydrogen-bond donors (Lipinski definition) is 1. The summed E-state index contributed by atoms with van der Waals surface area (Å²) in [4.78, 5) is 12.4. The second-order valence-corrected chi connectivity index (χ2v) is 6.85. The maximum absolute atomic E-state index is 14.1. The van der Waals surface area contributed by atoms with Gasteiger partial charge >= 0.3 is 0 Å². The zero-order valence-corrected chi connectivity index (χ0v) is 14.3. The van der Waals surface area contributed by atoms with E-state index in [2.05, 4.69) is 21.2 Å². The Hall–Kier alpha value is -1.72. The summed E-state index contributed by atoms with van der Waals surface area (Å²) in [7, 11) is 0. The van der Waals surface area contributed by atoms with Crippen molar-refractivity contribution in [1.29, 1.82) is 0 Å². The fourth-order valence-corrected chi connectivity index (χ4v) is 3.14. The van der Waals surface area contributed by atoms with E-state index in [0.717, 1.165) is 10.0 Å². The van der Waals surface area contributed by atoms with Crippen LogP contribution in [0.25, 0.3) is 0 Å². The van der Waals surface area contributed by atoms with Gasteiger partial charge in [-0.25, -0.2) is 4.39 Å². The molecule has 3 rings (SSSR count). The van der Waals surface area contributed by atoms with Crippen LogP contribution in [0.15, 0.2) is 53.0 Å². The zero-order chi connectivity index (χ0) is 16.4. The molecule has 5 heteroatoms. The molecular weight excluding hydrogens is 361 g/mol. The maximum Gasteiger partial charge on any atom is 0.250 e. The quantitative estimate of drug-likeness (QED) is 0.887. The van der Waals surface area contributed by atoms with Gasteiger partial charge in [-0.3, -0.25) is 4.79 Å². The first-order valence-electron chi connectivity index (χ1n) is 7.41. The molecule has 0 bridgehead atoms. The number of hydrogen-bond acceptors (Lipinski definition) is 2. The molecule has 23 heavy (non-hydrogen) atoms. The van der Waals surface area contributed by atoms with E-state index in [1.54, 1.807) is 19.1 Å². The Bertz CT molecular complexity index is 722. The van der Waals surface area contributed by atoms with Crippen LogP contribution < -0.4 is 5.32 Å². The smallest absolute Gasteiger partial charge is 0.250 e. The highest BCUT2D eigenvalue weighted by molar-refractivity contribution is 9.10. The summed E-state index contributed by atoms with van der Waals surface area (Å²) in [5, 5.41) is 2.92. The number of nitrogens with one attached hydrogen (secondary N) is 1. The summed E-state index contributed by atoms with van der Waals surface area (Å²) in [6.07, 6.45) is -0.0512. The molecule has 2 aromatic rings. The lowest BCUT2D eigenvalue weighted by Gasteiger charge is -2.38. The molecule has 0 spiro atoms. The molecule has 1 N–H and O–H groups in total. The van der Waals surface area contributed by atoms with Gasteiger partial charge in [0, 0.05) is 16.5 Å². The van der Waals surface area contributed by atoms with Crippen LogP contribution in [-0.2, 0) is 21.5 Å². The van der Waals surface area contributed by atoms with Gasteiger partial charge in [0.1, 0.15) is 11.9 Å². The Balaban J connectivity index is 1.77. The Morgan fingerprint density at radius 3 is 2.74 bits per heavy atom. The lowest BCUT2D eigenvalue weighted by atomic mass is 9.90. The number of amides is 1. The Labute approximate surface area is 143 Å². The van der Waals surface area contributed by atoms with E-state index in [9.17, 15) is 9.18 Å². The number of ether oxygens (including phenoxy) is 1. The topological polar surface area (TPSA) is 38.3 Å². The highest BCUT2D eigenvalue weighted by Gasteiger charge is 2.39. The van der Waals surface area contributed by atoms with Crippen molar-refractivity contribution < 1.29 is 13.9 Å². The average Bonchev–Trinajstić information content (AvgIpc) is 2.53. The van der Waals surface area contributed by atoms with Gasteiger partial charge in [-0.2, -0.15) is 0 Å². The van der Waals surface area contributed by atoms with Crippen LogP contribution in [0.2, 0.25) is 0 Å². The van der Waals surface area contributed by atoms with Crippen LogP contribution >= 0.6 is 15.9 Å². The molecule has 0 saturated carbocycles. The zero-order valence-electron chi connectivity index (χ0n) is 12.7. The predicted octanol–water partition coefficient (Wildman–Crippen LogP) is 3.56. The lowest BCUT2D eigenvalue weighted by molar-refractivity contribution is -0.145. The van der Waals surface area contributed by atoms with Gasteiger partial charge in [-0.1, -0.05) is 46.3 Å². The largest absolute Gasteiger partial charge is 0.365 e. The fourth-order valence-electron chi connectivity index (χ4n) is 2.78. The normalized spacial score (nSPS) is 24.3. The molecule has 0 radical (unpaired) electrons. The first-order chi connectivity index (χ1) is 11.0. The SMILES string of the molecule is C[C@]1(c2cc(Br)ccc2F)COC(Cc2ccccc2)C(=O)N1. The number of carbonyl (C=O) groups is 1. The number of halogens is 2. The van der Waals surface area contributed by atoms with E-state index >= 15 is 0 Å². The third-order valence-electron chi connectivity index (χ3n) is 4.05. The maximum atomic E-state index is 14.1. The molecule has 0 aromatic heterocycles. The summed E-state index contributed by atoms with van der Waals surface area (Å²) in [5.74, 6) is -0.580. The second-order valence-electron chi connectivity index (χ2n) is 5.93. The summed E-state index contributed by atoms with van der Waals surface area (Å²) in [6, 6.07) is 14.4. The second kappa shape index (κ2) is 6.42. The van der Waals surface area contributed by atoms with Crippen LogP contribution in [0.4, 0.5) is 4.39 Å². The molecule has 2 aromatic carbocycles. The number of benzene rings is 2. The number of morpholine rings is 1. The van der Waals surface area contributed by atoms with Crippen molar-refractivity contribution in [3.63, 3.8) is 0 Å². The Kier molecular flexibility index (Phi) is 4.50. The third-order valence-corrected chi connectivity index (χ3v) is 4.54. The average molecular weight is 378 g/mol. The first kappa shape index (κ1) is 16.1. The van der Waals surface area contributed by atoms with Crippen LogP contribution in [0.5, 0.6) is 0 Å². The summed E-state index contributed by atoms with van der Waals surface area (Å²) in [5.41, 5.74) is 0.571. The van der Waals surface area contributed by atoms with Gasteiger partial charge in [0.25, 0.3) is 0 Å². The van der Waals surface area contributed by atoms with Gasteiger partial charge in [-0.15, -0.1) is 0 Å². The molecule has 0 aliphatic carbocycles. The van der Waals surface area contributed by atoms with E-state index in [-0.39, 0.29) is 18.3 Å². The van der Waals surface area contributed by atoms with Gasteiger partial charge in [0.15, 0.2) is 0 Å². The third kappa shape index (κ3) is 3.46. The van der Waals surface area contributed by atoms with Gasteiger partial charge in [0.2, 0.25) is 5.91 Å². The van der Waals surface area contributed by atoms with E-state index in [4.69, 9.17) is 4.74 Å². The summed E-state index contributed by atoms with van der Waals surface area (Å²) >= 11 is 3.34. The predicted molar refractivity (Wildman–Crippen MR) is 89.5 cm³/mol. The Morgan fingerprint density at radius 2 is 2.04 bits per heavy atom. The number of carbonyl (C=O) groups excluding carboxylic acids is 1. The first-order valence-corrected chi connectivity index (χ1v) is 8.20. The van der Waals surface area contributed by atoms with E-state index in [1.807, 2.05) is 30.3 Å². The molecule has 1 aliphatic rings. The minimum atomic E-state index is -0.877. The minimum absolute atomic E-state index is 0.220. The highest BCUT2D eigenvalue weighted by atomic mass is 79.9. The minimum Gasteiger partial charge on any atom is -0.365 e. The van der Waals surface area contributed by atoms with Gasteiger partial charge in [-0.05, 0) is 30.7 Å². The van der Waals surface area contributed by atoms with Crippen molar-refractivity contribution in [1.82, 2.24) is 5.32 Å². The van der Waals surface area contributed by atoms with Crippen LogP contribution in [0, 0.1) is 5.82 Å². The molecular formula is C18H17BrFNO2. The Morgan fingerprint density at radius 1 is 1.30 bits per heavy atom. The van der Waals surface area contributed by atoms with Crippen molar-refractivity contribution in [2.24, 2.45) is 0 Å². The molecule has 2 atom stereocenters. The van der Waals surface area contributed by atoms with Crippen molar-refractivity contribution >= 4 is 21.8 Å². The molecule has 120 valence electrons. The van der Waals surface area contributed by atoms with Crippen LogP contribution in [0.3, 0.4) is 0 Å². The molecule has 1 saturated heterocycles. The van der Waals surface area contributed by atoms with E-state index in [1.165, 1.54) is 6.07 Å². The standard InChI is InChI=1S/C18H17BrFNO2/c1-18(14-10-13(19)7-8-15(14)20)11-23-16(17(22)21-18)9-12-5-3-2-4-6-12/h2-8,10,16H,9,11H2,1H3,(H,21,22)/t16?,18-/m1/s1. The molecule has 1 aliphatic heterocycles. The molecule has 1 heterocycles. The molecule has 1 amide bonds. The van der Waals surface area contributed by atoms with Crippen molar-refractivity contribution in [2.45, 2.75) is 25.0 Å². The number of rotatable bonds is 3. The molecule has 1 unspecified atom stereocenters. The summed E-state index contributed by atoms with van der Waals surface area (Å²) in [6.45, 7) is 2.00. The van der Waals surface area contributed by atoms with E-state index in [0.29, 0.717) is 12.0 Å². The summed E-state index contributed by atoms with van der Waals surface area (Å²) < 4.78 is 20.7. The van der Waals surface area contributed by atoms with Crippen LogP contribution in [0.1, 0.15) is 18.1 Å². The highest BCUT2D eigenvalue weighted by Crippen LogP contribution is 2.30. The van der Waals surface area contributed by atoms with Crippen molar-refractivity contribution in [2.75, 3.05) is 6.61 Å². The van der Waals surface area contributed by atoms with Gasteiger partial charge in [0.05, 0.1) is 12.1 Å². The monoisotopic (exact) mass is 377 g/mol. The van der Waals surface area contributed by atoms with E-state index < -0.39 is 11.6 Å². The van der Waals surface area contributed by atoms with Gasteiger partial charge < -0.3 is 10.1 Å². The van der Waals surface area contributed by atoms with Crippen LogP contribution in [-0.4, -0.2) is 18.6 Å². The molecule has 3 nitrogen and oxygen atoms in total. The van der Waals surface area contributed by atoms with Crippen molar-refractivity contribution in [3.05, 3.63) is 69.9 Å².